The number of rotatable bonds is 5. The van der Waals surface area contributed by atoms with Crippen LogP contribution < -0.4 is 15.4 Å². The smallest absolute Gasteiger partial charge is 0.255 e. The lowest BCUT2D eigenvalue weighted by Gasteiger charge is -2.36. The Labute approximate surface area is 169 Å². The van der Waals surface area contributed by atoms with Crippen LogP contribution in [0.15, 0.2) is 59.8 Å². The number of aromatic nitrogens is 4. The monoisotopic (exact) mass is 392 g/mol. The van der Waals surface area contributed by atoms with E-state index in [1.165, 1.54) is 12.4 Å². The quantitative estimate of drug-likeness (QED) is 0.652. The van der Waals surface area contributed by atoms with Crippen molar-refractivity contribution in [2.24, 2.45) is 7.05 Å². The standard InChI is InChI=1S/C21H24N6O2/c1-25(16-6-4-3-5-7-16)13-17-14-27(10-11-29-17)21-24-19(12-20(28)26(21)2)18-8-9-22-15-23-18/h3-9,12,15,17H,10-11,13-14H2,1-2H3. The molecule has 0 amide bonds. The van der Waals surface area contributed by atoms with E-state index in [1.54, 1.807) is 23.9 Å². The molecule has 150 valence electrons. The van der Waals surface area contributed by atoms with E-state index in [1.807, 2.05) is 18.2 Å². The molecule has 29 heavy (non-hydrogen) atoms. The molecule has 2 aromatic heterocycles. The van der Waals surface area contributed by atoms with Crippen molar-refractivity contribution in [3.63, 3.8) is 0 Å². The van der Waals surface area contributed by atoms with Gasteiger partial charge in [-0.1, -0.05) is 18.2 Å². The minimum Gasteiger partial charge on any atom is -0.373 e. The number of likely N-dealkylation sites (N-methyl/N-ethyl adjacent to an activating group) is 1. The van der Waals surface area contributed by atoms with E-state index in [0.717, 1.165) is 12.2 Å². The molecular formula is C21H24N6O2. The Morgan fingerprint density at radius 3 is 2.79 bits per heavy atom. The lowest BCUT2D eigenvalue weighted by atomic mass is 10.2. The van der Waals surface area contributed by atoms with E-state index in [2.05, 4.69) is 38.9 Å². The lowest BCUT2D eigenvalue weighted by molar-refractivity contribution is 0.0451. The molecule has 1 saturated heterocycles. The first-order valence-corrected chi connectivity index (χ1v) is 9.59. The van der Waals surface area contributed by atoms with Crippen LogP contribution in [-0.4, -0.2) is 58.9 Å². The molecule has 0 N–H and O–H groups in total. The van der Waals surface area contributed by atoms with Gasteiger partial charge in [-0.2, -0.15) is 0 Å². The number of hydrogen-bond acceptors (Lipinski definition) is 7. The summed E-state index contributed by atoms with van der Waals surface area (Å²) in [5.41, 5.74) is 2.21. The second kappa shape index (κ2) is 8.40. The summed E-state index contributed by atoms with van der Waals surface area (Å²) in [6.07, 6.45) is 3.11. The Hall–Kier alpha value is -3.26. The van der Waals surface area contributed by atoms with E-state index in [9.17, 15) is 4.79 Å². The van der Waals surface area contributed by atoms with Gasteiger partial charge in [0, 0.05) is 51.7 Å². The van der Waals surface area contributed by atoms with Gasteiger partial charge in [-0.3, -0.25) is 9.36 Å². The first-order valence-electron chi connectivity index (χ1n) is 9.59. The third-order valence-electron chi connectivity index (χ3n) is 5.05. The third kappa shape index (κ3) is 4.27. The molecule has 8 heteroatoms. The second-order valence-electron chi connectivity index (χ2n) is 7.09. The van der Waals surface area contributed by atoms with Crippen LogP contribution in [0.3, 0.4) is 0 Å². The molecule has 1 aliphatic rings. The molecule has 1 aromatic carbocycles. The van der Waals surface area contributed by atoms with Crippen LogP contribution >= 0.6 is 0 Å². The SMILES string of the molecule is CN(CC1CN(c2nc(-c3ccncn3)cc(=O)n2C)CCO1)c1ccccc1. The molecule has 0 aliphatic carbocycles. The summed E-state index contributed by atoms with van der Waals surface area (Å²) in [7, 11) is 3.80. The van der Waals surface area contributed by atoms with Crippen molar-refractivity contribution in [3.05, 3.63) is 65.3 Å². The molecular weight excluding hydrogens is 368 g/mol. The summed E-state index contributed by atoms with van der Waals surface area (Å²) < 4.78 is 7.57. The summed E-state index contributed by atoms with van der Waals surface area (Å²) >= 11 is 0. The van der Waals surface area contributed by atoms with Gasteiger partial charge in [0.2, 0.25) is 5.95 Å². The van der Waals surface area contributed by atoms with Gasteiger partial charge in [0.15, 0.2) is 0 Å². The number of hydrogen-bond donors (Lipinski definition) is 0. The number of ether oxygens (including phenoxy) is 1. The van der Waals surface area contributed by atoms with Crippen LogP contribution in [-0.2, 0) is 11.8 Å². The minimum absolute atomic E-state index is 0.00793. The van der Waals surface area contributed by atoms with Gasteiger partial charge in [0.25, 0.3) is 5.56 Å². The molecule has 3 heterocycles. The fourth-order valence-corrected chi connectivity index (χ4v) is 3.49. The highest BCUT2D eigenvalue weighted by Gasteiger charge is 2.25. The van der Waals surface area contributed by atoms with Gasteiger partial charge < -0.3 is 14.5 Å². The highest BCUT2D eigenvalue weighted by atomic mass is 16.5. The summed E-state index contributed by atoms with van der Waals surface area (Å²) in [6, 6.07) is 13.5. The van der Waals surface area contributed by atoms with Crippen molar-refractivity contribution in [2.45, 2.75) is 6.10 Å². The average Bonchev–Trinajstić information content (AvgIpc) is 2.77. The normalized spacial score (nSPS) is 16.6. The highest BCUT2D eigenvalue weighted by molar-refractivity contribution is 5.55. The zero-order valence-electron chi connectivity index (χ0n) is 16.6. The summed E-state index contributed by atoms with van der Waals surface area (Å²) in [6.45, 7) is 2.67. The van der Waals surface area contributed by atoms with Gasteiger partial charge in [0.05, 0.1) is 24.1 Å². The molecule has 1 atom stereocenters. The predicted octanol–water partition coefficient (Wildman–Crippen LogP) is 1.58. The lowest BCUT2D eigenvalue weighted by Crippen LogP contribution is -2.48. The fraction of sp³-hybridized carbons (Fsp3) is 0.333. The van der Waals surface area contributed by atoms with Crippen molar-refractivity contribution in [1.82, 2.24) is 19.5 Å². The van der Waals surface area contributed by atoms with Crippen molar-refractivity contribution >= 4 is 11.6 Å². The van der Waals surface area contributed by atoms with Crippen molar-refractivity contribution < 1.29 is 4.74 Å². The van der Waals surface area contributed by atoms with E-state index in [4.69, 9.17) is 9.72 Å². The molecule has 8 nitrogen and oxygen atoms in total. The van der Waals surface area contributed by atoms with E-state index >= 15 is 0 Å². The zero-order valence-corrected chi connectivity index (χ0v) is 16.6. The second-order valence-corrected chi connectivity index (χ2v) is 7.09. The fourth-order valence-electron chi connectivity index (χ4n) is 3.49. The van der Waals surface area contributed by atoms with Crippen LogP contribution in [0.25, 0.3) is 11.4 Å². The van der Waals surface area contributed by atoms with Gasteiger partial charge >= 0.3 is 0 Å². The van der Waals surface area contributed by atoms with Gasteiger partial charge in [-0.25, -0.2) is 15.0 Å². The van der Waals surface area contributed by atoms with Gasteiger partial charge in [0.1, 0.15) is 6.33 Å². The average molecular weight is 392 g/mol. The molecule has 0 radical (unpaired) electrons. The number of morpholine rings is 1. The number of benzene rings is 1. The Kier molecular flexibility index (Phi) is 5.53. The third-order valence-corrected chi connectivity index (χ3v) is 5.05. The Morgan fingerprint density at radius 1 is 1.21 bits per heavy atom. The molecule has 0 bridgehead atoms. The Morgan fingerprint density at radius 2 is 2.03 bits per heavy atom. The Bertz CT molecular complexity index is 1010. The summed E-state index contributed by atoms with van der Waals surface area (Å²) in [4.78, 5) is 29.7. The molecule has 0 saturated carbocycles. The number of nitrogens with zero attached hydrogens (tertiary/aromatic N) is 6. The molecule has 0 spiro atoms. The van der Waals surface area contributed by atoms with Crippen LogP contribution in [0.5, 0.6) is 0 Å². The van der Waals surface area contributed by atoms with Crippen LogP contribution in [0, 0.1) is 0 Å². The first-order chi connectivity index (χ1) is 14.1. The van der Waals surface area contributed by atoms with Crippen molar-refractivity contribution in [2.75, 3.05) is 43.1 Å². The highest BCUT2D eigenvalue weighted by Crippen LogP contribution is 2.20. The molecule has 3 aromatic rings. The van der Waals surface area contributed by atoms with Crippen molar-refractivity contribution in [1.29, 1.82) is 0 Å². The topological polar surface area (TPSA) is 76.4 Å². The molecule has 1 aliphatic heterocycles. The van der Waals surface area contributed by atoms with Crippen LogP contribution in [0.4, 0.5) is 11.6 Å². The number of para-hydroxylation sites is 1. The maximum atomic E-state index is 12.5. The van der Waals surface area contributed by atoms with E-state index in [-0.39, 0.29) is 11.7 Å². The maximum absolute atomic E-state index is 12.5. The molecule has 4 rings (SSSR count). The maximum Gasteiger partial charge on any atom is 0.255 e. The first kappa shape index (κ1) is 19.1. The predicted molar refractivity (Wildman–Crippen MR) is 112 cm³/mol. The van der Waals surface area contributed by atoms with Gasteiger partial charge in [-0.05, 0) is 18.2 Å². The minimum atomic E-state index is -0.118. The van der Waals surface area contributed by atoms with E-state index < -0.39 is 0 Å². The largest absolute Gasteiger partial charge is 0.373 e. The van der Waals surface area contributed by atoms with Crippen LogP contribution in [0.1, 0.15) is 0 Å². The van der Waals surface area contributed by atoms with E-state index in [0.29, 0.717) is 37.0 Å². The molecule has 1 unspecified atom stereocenters. The molecule has 1 fully saturated rings. The van der Waals surface area contributed by atoms with Crippen LogP contribution in [0.2, 0.25) is 0 Å². The van der Waals surface area contributed by atoms with Crippen molar-refractivity contribution in [3.8, 4) is 11.4 Å². The zero-order chi connectivity index (χ0) is 20.2. The van der Waals surface area contributed by atoms with Gasteiger partial charge in [-0.15, -0.1) is 0 Å². The summed E-state index contributed by atoms with van der Waals surface area (Å²) in [5, 5.41) is 0. The Balaban J connectivity index is 1.55. The number of anilines is 2. The summed E-state index contributed by atoms with van der Waals surface area (Å²) in [5.74, 6) is 0.627.